The molecule has 0 saturated carbocycles. The molecule has 0 atom stereocenters. The third-order valence-electron chi connectivity index (χ3n) is 1.39. The van der Waals surface area contributed by atoms with Crippen LogP contribution in [-0.2, 0) is 0 Å². The maximum absolute atomic E-state index is 9.50. The molecular formula is C10H14OS. The summed E-state index contributed by atoms with van der Waals surface area (Å²) in [5.41, 5.74) is 1.25. The fraction of sp³-hybridized carbons (Fsp3) is 0.400. The van der Waals surface area contributed by atoms with Gasteiger partial charge in [0.25, 0.3) is 0 Å². The van der Waals surface area contributed by atoms with E-state index in [0.717, 1.165) is 4.90 Å². The zero-order valence-corrected chi connectivity index (χ0v) is 8.48. The van der Waals surface area contributed by atoms with Crippen molar-refractivity contribution >= 4 is 11.8 Å². The summed E-state index contributed by atoms with van der Waals surface area (Å²) >= 11 is 1.46. The Morgan fingerprint density at radius 1 is 1.17 bits per heavy atom. The van der Waals surface area contributed by atoms with Gasteiger partial charge in [0.1, 0.15) is 4.93 Å². The van der Waals surface area contributed by atoms with E-state index in [4.69, 9.17) is 0 Å². The van der Waals surface area contributed by atoms with Gasteiger partial charge in [-0.3, -0.25) is 0 Å². The van der Waals surface area contributed by atoms with E-state index in [1.165, 1.54) is 17.3 Å². The van der Waals surface area contributed by atoms with Gasteiger partial charge in [-0.1, -0.05) is 29.5 Å². The predicted octanol–water partition coefficient (Wildman–Crippen LogP) is 2.82. The van der Waals surface area contributed by atoms with Crippen molar-refractivity contribution in [3.8, 4) is 0 Å². The SMILES string of the molecule is Cc1ccc(SC(C)(C)O)cc1. The first-order valence-corrected chi connectivity index (χ1v) is 4.77. The molecule has 0 saturated heterocycles. The summed E-state index contributed by atoms with van der Waals surface area (Å²) in [6.07, 6.45) is 0. The predicted molar refractivity (Wildman–Crippen MR) is 53.3 cm³/mol. The summed E-state index contributed by atoms with van der Waals surface area (Å²) in [4.78, 5) is 0.419. The van der Waals surface area contributed by atoms with Gasteiger partial charge in [-0.25, -0.2) is 0 Å². The second-order valence-corrected chi connectivity index (χ2v) is 5.04. The van der Waals surface area contributed by atoms with Crippen molar-refractivity contribution < 1.29 is 5.11 Å². The number of hydrogen-bond donors (Lipinski definition) is 1. The van der Waals surface area contributed by atoms with E-state index in [0.29, 0.717) is 0 Å². The molecule has 0 heterocycles. The molecule has 1 N–H and O–H groups in total. The molecule has 0 aliphatic heterocycles. The molecule has 0 fully saturated rings. The Labute approximate surface area is 77.8 Å². The molecular weight excluding hydrogens is 168 g/mol. The highest BCUT2D eigenvalue weighted by Gasteiger charge is 2.13. The third-order valence-corrected chi connectivity index (χ3v) is 2.40. The number of hydrogen-bond acceptors (Lipinski definition) is 2. The van der Waals surface area contributed by atoms with Gasteiger partial charge in [0, 0.05) is 4.90 Å². The normalized spacial score (nSPS) is 11.7. The van der Waals surface area contributed by atoms with Crippen molar-refractivity contribution in [1.82, 2.24) is 0 Å². The number of rotatable bonds is 2. The Balaban J connectivity index is 2.71. The summed E-state index contributed by atoms with van der Waals surface area (Å²) in [5, 5.41) is 9.50. The number of benzene rings is 1. The van der Waals surface area contributed by atoms with Gasteiger partial charge in [-0.05, 0) is 32.9 Å². The Morgan fingerprint density at radius 3 is 2.08 bits per heavy atom. The van der Waals surface area contributed by atoms with Crippen molar-refractivity contribution in [2.24, 2.45) is 0 Å². The molecule has 0 aliphatic rings. The summed E-state index contributed by atoms with van der Waals surface area (Å²) in [7, 11) is 0. The Kier molecular flexibility index (Phi) is 2.80. The Hall–Kier alpha value is -0.470. The fourth-order valence-electron chi connectivity index (χ4n) is 0.895. The van der Waals surface area contributed by atoms with Crippen LogP contribution in [0.15, 0.2) is 29.2 Å². The van der Waals surface area contributed by atoms with E-state index >= 15 is 0 Å². The van der Waals surface area contributed by atoms with Gasteiger partial charge in [0.05, 0.1) is 0 Å². The minimum absolute atomic E-state index is 0.685. The highest BCUT2D eigenvalue weighted by Crippen LogP contribution is 2.29. The van der Waals surface area contributed by atoms with Crippen molar-refractivity contribution in [3.05, 3.63) is 29.8 Å². The maximum atomic E-state index is 9.50. The third kappa shape index (κ3) is 3.28. The van der Waals surface area contributed by atoms with Crippen molar-refractivity contribution in [3.63, 3.8) is 0 Å². The molecule has 1 rings (SSSR count). The van der Waals surface area contributed by atoms with E-state index in [1.54, 1.807) is 13.8 Å². The Morgan fingerprint density at radius 2 is 1.67 bits per heavy atom. The van der Waals surface area contributed by atoms with Crippen molar-refractivity contribution in [2.45, 2.75) is 30.6 Å². The van der Waals surface area contributed by atoms with E-state index in [2.05, 4.69) is 6.92 Å². The van der Waals surface area contributed by atoms with Gasteiger partial charge >= 0.3 is 0 Å². The Bertz CT molecular complexity index is 246. The van der Waals surface area contributed by atoms with Crippen molar-refractivity contribution in [2.75, 3.05) is 0 Å². The van der Waals surface area contributed by atoms with E-state index in [9.17, 15) is 5.11 Å². The lowest BCUT2D eigenvalue weighted by Crippen LogP contribution is -2.11. The maximum Gasteiger partial charge on any atom is 0.109 e. The first kappa shape index (κ1) is 9.62. The topological polar surface area (TPSA) is 20.2 Å². The molecule has 1 nitrogen and oxygen atoms in total. The summed E-state index contributed by atoms with van der Waals surface area (Å²) in [5.74, 6) is 0. The molecule has 2 heteroatoms. The molecule has 66 valence electrons. The van der Waals surface area contributed by atoms with Crippen LogP contribution in [0, 0.1) is 6.92 Å². The molecule has 1 aromatic carbocycles. The van der Waals surface area contributed by atoms with Crippen LogP contribution in [0.25, 0.3) is 0 Å². The molecule has 0 bridgehead atoms. The first-order chi connectivity index (χ1) is 5.47. The van der Waals surface area contributed by atoms with Gasteiger partial charge < -0.3 is 5.11 Å². The minimum atomic E-state index is -0.685. The lowest BCUT2D eigenvalue weighted by molar-refractivity contribution is 0.179. The molecule has 0 unspecified atom stereocenters. The zero-order valence-electron chi connectivity index (χ0n) is 7.66. The van der Waals surface area contributed by atoms with Crippen LogP contribution in [0.4, 0.5) is 0 Å². The average Bonchev–Trinajstić information content (AvgIpc) is 1.91. The van der Waals surface area contributed by atoms with Crippen LogP contribution in [0.1, 0.15) is 19.4 Å². The van der Waals surface area contributed by atoms with E-state index < -0.39 is 4.93 Å². The number of thioether (sulfide) groups is 1. The molecule has 0 aromatic heterocycles. The smallest absolute Gasteiger partial charge is 0.109 e. The van der Waals surface area contributed by atoms with Gasteiger partial charge in [-0.15, -0.1) is 0 Å². The van der Waals surface area contributed by atoms with Crippen LogP contribution >= 0.6 is 11.8 Å². The second-order valence-electron chi connectivity index (χ2n) is 3.36. The summed E-state index contributed by atoms with van der Waals surface area (Å²) < 4.78 is 0. The molecule has 0 spiro atoms. The number of aryl methyl sites for hydroxylation is 1. The molecule has 0 amide bonds. The van der Waals surface area contributed by atoms with Gasteiger partial charge in [0.2, 0.25) is 0 Å². The highest BCUT2D eigenvalue weighted by atomic mass is 32.2. The van der Waals surface area contributed by atoms with Gasteiger partial charge in [0.15, 0.2) is 0 Å². The first-order valence-electron chi connectivity index (χ1n) is 3.95. The molecule has 12 heavy (non-hydrogen) atoms. The number of aliphatic hydroxyl groups is 1. The highest BCUT2D eigenvalue weighted by molar-refractivity contribution is 8.00. The second kappa shape index (κ2) is 3.50. The molecule has 0 radical (unpaired) electrons. The lowest BCUT2D eigenvalue weighted by atomic mass is 10.2. The van der Waals surface area contributed by atoms with Crippen molar-refractivity contribution in [1.29, 1.82) is 0 Å². The zero-order chi connectivity index (χ0) is 9.19. The summed E-state index contributed by atoms with van der Waals surface area (Å²) in [6.45, 7) is 5.63. The molecule has 0 aliphatic carbocycles. The monoisotopic (exact) mass is 182 g/mol. The van der Waals surface area contributed by atoms with E-state index in [1.807, 2.05) is 24.3 Å². The quantitative estimate of drug-likeness (QED) is 0.560. The average molecular weight is 182 g/mol. The van der Waals surface area contributed by atoms with Crippen LogP contribution in [-0.4, -0.2) is 10.0 Å². The summed E-state index contributed by atoms with van der Waals surface area (Å²) in [6, 6.07) is 8.15. The molecule has 1 aromatic rings. The van der Waals surface area contributed by atoms with Crippen LogP contribution in [0.3, 0.4) is 0 Å². The van der Waals surface area contributed by atoms with E-state index in [-0.39, 0.29) is 0 Å². The van der Waals surface area contributed by atoms with Gasteiger partial charge in [-0.2, -0.15) is 0 Å². The van der Waals surface area contributed by atoms with Crippen LogP contribution < -0.4 is 0 Å². The lowest BCUT2D eigenvalue weighted by Gasteiger charge is -2.15. The van der Waals surface area contributed by atoms with Crippen LogP contribution in [0.5, 0.6) is 0 Å². The fourth-order valence-corrected chi connectivity index (χ4v) is 1.74. The minimum Gasteiger partial charge on any atom is -0.380 e. The largest absolute Gasteiger partial charge is 0.380 e. The standard InChI is InChI=1S/C10H14OS/c1-8-4-6-9(7-5-8)12-10(2,3)11/h4-7,11H,1-3H3. The van der Waals surface area contributed by atoms with Crippen LogP contribution in [0.2, 0.25) is 0 Å².